The molecule has 3 rings (SSSR count). The van der Waals surface area contributed by atoms with Crippen LogP contribution in [0.3, 0.4) is 0 Å². The standard InChI is InChI=1S/C25H27N5O4/c1-4-10-34-20-7-6-16(11-21(20)32-3)22-19-13-30(24(31)33-5-2)9-8-17(19)18(12-26)23(29)25(22,14-27)15-28/h6-8,11,19,22H,4-5,9-10,13,29H2,1-3H3/t19-,22-/m1/s1. The lowest BCUT2D eigenvalue weighted by atomic mass is 9.58. The molecule has 0 saturated heterocycles. The fourth-order valence-corrected chi connectivity index (χ4v) is 4.63. The summed E-state index contributed by atoms with van der Waals surface area (Å²) in [6.07, 6.45) is 2.06. The van der Waals surface area contributed by atoms with Gasteiger partial charge in [-0.1, -0.05) is 19.1 Å². The normalized spacial score (nSPS) is 20.7. The zero-order chi connectivity index (χ0) is 24.9. The van der Waals surface area contributed by atoms with Crippen molar-refractivity contribution >= 4 is 6.09 Å². The van der Waals surface area contributed by atoms with Crippen LogP contribution < -0.4 is 15.2 Å². The van der Waals surface area contributed by atoms with Crippen LogP contribution in [-0.2, 0) is 4.74 Å². The molecule has 1 heterocycles. The van der Waals surface area contributed by atoms with E-state index in [2.05, 4.69) is 18.2 Å². The molecular weight excluding hydrogens is 434 g/mol. The molecule has 0 bridgehead atoms. The van der Waals surface area contributed by atoms with E-state index >= 15 is 0 Å². The molecule has 2 aliphatic rings. The lowest BCUT2D eigenvalue weighted by Gasteiger charge is -2.45. The number of carbonyl (C=O) groups excluding carboxylic acids is 1. The largest absolute Gasteiger partial charge is 0.493 e. The Labute approximate surface area is 199 Å². The maximum Gasteiger partial charge on any atom is 0.410 e. The molecule has 1 aliphatic carbocycles. The van der Waals surface area contributed by atoms with Gasteiger partial charge >= 0.3 is 6.09 Å². The van der Waals surface area contributed by atoms with Gasteiger partial charge in [-0.05, 0) is 36.6 Å². The predicted octanol–water partition coefficient (Wildman–Crippen LogP) is 3.37. The molecule has 0 unspecified atom stereocenters. The molecule has 1 amide bonds. The smallest absolute Gasteiger partial charge is 0.410 e. The van der Waals surface area contributed by atoms with E-state index in [-0.39, 0.29) is 31.0 Å². The van der Waals surface area contributed by atoms with Gasteiger partial charge < -0.3 is 24.8 Å². The van der Waals surface area contributed by atoms with E-state index in [1.165, 1.54) is 12.0 Å². The molecule has 1 aromatic carbocycles. The van der Waals surface area contributed by atoms with Gasteiger partial charge in [0.05, 0.1) is 43.7 Å². The molecule has 0 saturated carbocycles. The van der Waals surface area contributed by atoms with E-state index in [1.54, 1.807) is 31.2 Å². The Morgan fingerprint density at radius 3 is 2.56 bits per heavy atom. The van der Waals surface area contributed by atoms with E-state index < -0.39 is 23.3 Å². The minimum Gasteiger partial charge on any atom is -0.493 e. The second-order valence-corrected chi connectivity index (χ2v) is 8.04. The van der Waals surface area contributed by atoms with Crippen LogP contribution in [0.2, 0.25) is 0 Å². The third kappa shape index (κ3) is 4.00. The highest BCUT2D eigenvalue weighted by atomic mass is 16.6. The average molecular weight is 462 g/mol. The lowest BCUT2D eigenvalue weighted by Crippen LogP contribution is -2.49. The highest BCUT2D eigenvalue weighted by Gasteiger charge is 2.55. The van der Waals surface area contributed by atoms with Gasteiger partial charge in [-0.25, -0.2) is 4.79 Å². The maximum absolute atomic E-state index is 12.5. The van der Waals surface area contributed by atoms with E-state index in [0.29, 0.717) is 29.2 Å². The Bertz CT molecular complexity index is 1140. The summed E-state index contributed by atoms with van der Waals surface area (Å²) in [6.45, 7) is 4.82. The van der Waals surface area contributed by atoms with Gasteiger partial charge in [0.15, 0.2) is 16.9 Å². The second-order valence-electron chi connectivity index (χ2n) is 8.04. The van der Waals surface area contributed by atoms with Crippen LogP contribution in [0.25, 0.3) is 0 Å². The highest BCUT2D eigenvalue weighted by Crippen LogP contribution is 2.54. The van der Waals surface area contributed by atoms with Crippen molar-refractivity contribution in [2.45, 2.75) is 26.2 Å². The molecule has 34 heavy (non-hydrogen) atoms. The van der Waals surface area contributed by atoms with Gasteiger partial charge in [0.2, 0.25) is 0 Å². The number of carbonyl (C=O) groups is 1. The van der Waals surface area contributed by atoms with Gasteiger partial charge in [-0.3, -0.25) is 0 Å². The first-order valence-electron chi connectivity index (χ1n) is 11.1. The molecular formula is C25H27N5O4. The molecule has 0 fully saturated rings. The third-order valence-electron chi connectivity index (χ3n) is 6.20. The van der Waals surface area contributed by atoms with Crippen LogP contribution in [0.1, 0.15) is 31.7 Å². The molecule has 1 aliphatic heterocycles. The summed E-state index contributed by atoms with van der Waals surface area (Å²) in [6, 6.07) is 11.5. The summed E-state index contributed by atoms with van der Waals surface area (Å²) >= 11 is 0. The van der Waals surface area contributed by atoms with Gasteiger partial charge in [-0.15, -0.1) is 0 Å². The number of amides is 1. The monoisotopic (exact) mass is 461 g/mol. The predicted molar refractivity (Wildman–Crippen MR) is 122 cm³/mol. The second kappa shape index (κ2) is 10.2. The van der Waals surface area contributed by atoms with E-state index in [1.807, 2.05) is 6.92 Å². The first kappa shape index (κ1) is 24.5. The number of fused-ring (bicyclic) bond motifs is 1. The first-order valence-corrected chi connectivity index (χ1v) is 11.1. The van der Waals surface area contributed by atoms with Crippen molar-refractivity contribution in [3.8, 4) is 29.7 Å². The van der Waals surface area contributed by atoms with Crippen LogP contribution in [-0.4, -0.2) is 44.4 Å². The summed E-state index contributed by atoms with van der Waals surface area (Å²) in [4.78, 5) is 14.0. The molecule has 2 atom stereocenters. The summed E-state index contributed by atoms with van der Waals surface area (Å²) < 4.78 is 16.4. The van der Waals surface area contributed by atoms with Gasteiger partial charge in [0, 0.05) is 24.9 Å². The van der Waals surface area contributed by atoms with Crippen molar-refractivity contribution in [2.75, 3.05) is 33.4 Å². The van der Waals surface area contributed by atoms with Crippen molar-refractivity contribution in [1.82, 2.24) is 4.90 Å². The third-order valence-corrected chi connectivity index (χ3v) is 6.20. The zero-order valence-electron chi connectivity index (χ0n) is 19.5. The van der Waals surface area contributed by atoms with Crippen molar-refractivity contribution in [1.29, 1.82) is 15.8 Å². The summed E-state index contributed by atoms with van der Waals surface area (Å²) in [7, 11) is 1.51. The SMILES string of the molecule is CCCOc1ccc([C@@H]2[C@@H]3CN(C(=O)OCC)CC=C3C(C#N)=C(N)C2(C#N)C#N)cc1OC. The molecule has 176 valence electrons. The minimum absolute atomic E-state index is 0.0811. The topological polar surface area (TPSA) is 145 Å². The number of hydrogen-bond acceptors (Lipinski definition) is 8. The lowest BCUT2D eigenvalue weighted by molar-refractivity contribution is 0.0999. The fourth-order valence-electron chi connectivity index (χ4n) is 4.63. The molecule has 2 N–H and O–H groups in total. The first-order chi connectivity index (χ1) is 16.4. The Balaban J connectivity index is 2.21. The van der Waals surface area contributed by atoms with Crippen LogP contribution in [0.15, 0.2) is 41.1 Å². The summed E-state index contributed by atoms with van der Waals surface area (Å²) in [5.74, 6) is -0.311. The Morgan fingerprint density at radius 1 is 1.24 bits per heavy atom. The quantitative estimate of drug-likeness (QED) is 0.678. The average Bonchev–Trinajstić information content (AvgIpc) is 2.86. The van der Waals surface area contributed by atoms with Crippen molar-refractivity contribution < 1.29 is 19.0 Å². The summed E-state index contributed by atoms with van der Waals surface area (Å²) in [5.41, 5.74) is 5.80. The number of ether oxygens (including phenoxy) is 3. The Morgan fingerprint density at radius 2 is 1.97 bits per heavy atom. The zero-order valence-corrected chi connectivity index (χ0v) is 19.5. The number of methoxy groups -OCH3 is 1. The molecule has 0 aromatic heterocycles. The number of hydrogen-bond donors (Lipinski definition) is 1. The number of rotatable bonds is 6. The van der Waals surface area contributed by atoms with Gasteiger partial charge in [0.1, 0.15) is 6.07 Å². The molecule has 0 radical (unpaired) electrons. The van der Waals surface area contributed by atoms with Crippen LogP contribution in [0, 0.1) is 45.3 Å². The molecule has 0 spiro atoms. The number of nitrogens with zero attached hydrogens (tertiary/aromatic N) is 4. The van der Waals surface area contributed by atoms with E-state index in [9.17, 15) is 20.6 Å². The van der Waals surface area contributed by atoms with Crippen molar-refractivity contribution in [2.24, 2.45) is 17.1 Å². The number of benzene rings is 1. The van der Waals surface area contributed by atoms with Crippen LogP contribution in [0.4, 0.5) is 4.79 Å². The number of nitrogens with two attached hydrogens (primary N) is 1. The highest BCUT2D eigenvalue weighted by molar-refractivity contribution is 5.69. The Kier molecular flexibility index (Phi) is 7.34. The Hall–Kier alpha value is -4.16. The van der Waals surface area contributed by atoms with Crippen LogP contribution >= 0.6 is 0 Å². The van der Waals surface area contributed by atoms with Crippen LogP contribution in [0.5, 0.6) is 11.5 Å². The van der Waals surface area contributed by atoms with Gasteiger partial charge in [-0.2, -0.15) is 15.8 Å². The molecule has 9 nitrogen and oxygen atoms in total. The number of allylic oxidation sites excluding steroid dienone is 2. The molecule has 1 aromatic rings. The van der Waals surface area contributed by atoms with E-state index in [0.717, 1.165) is 6.42 Å². The van der Waals surface area contributed by atoms with Crippen molar-refractivity contribution in [3.63, 3.8) is 0 Å². The summed E-state index contributed by atoms with van der Waals surface area (Å²) in [5, 5.41) is 30.3. The van der Waals surface area contributed by atoms with Gasteiger partial charge in [0.25, 0.3) is 0 Å². The maximum atomic E-state index is 12.5. The molecule has 9 heteroatoms. The fraction of sp³-hybridized carbons (Fsp3) is 0.440. The minimum atomic E-state index is -1.82. The van der Waals surface area contributed by atoms with Crippen molar-refractivity contribution in [3.05, 3.63) is 46.7 Å². The van der Waals surface area contributed by atoms with E-state index in [4.69, 9.17) is 19.9 Å². The number of nitriles is 3.